The van der Waals surface area contributed by atoms with Crippen LogP contribution in [0.1, 0.15) is 33.3 Å². The van der Waals surface area contributed by atoms with Gasteiger partial charge in [0.1, 0.15) is 23.2 Å². The van der Waals surface area contributed by atoms with Gasteiger partial charge in [0, 0.05) is 37.9 Å². The lowest BCUT2D eigenvalue weighted by atomic mass is 10.1. The van der Waals surface area contributed by atoms with E-state index in [4.69, 9.17) is 14.3 Å². The molecule has 37 heavy (non-hydrogen) atoms. The molecule has 0 spiro atoms. The van der Waals surface area contributed by atoms with Crippen LogP contribution in [0, 0.1) is 6.92 Å². The fourth-order valence-corrected chi connectivity index (χ4v) is 3.59. The molecule has 1 aromatic heterocycles. The minimum atomic E-state index is -0.686. The highest BCUT2D eigenvalue weighted by Crippen LogP contribution is 2.37. The molecule has 3 aromatic rings. The minimum Gasteiger partial charge on any atom is -0.507 e. The van der Waals surface area contributed by atoms with Gasteiger partial charge in [0.2, 0.25) is 0 Å². The Balaban J connectivity index is 1.70. The van der Waals surface area contributed by atoms with Crippen LogP contribution in [0.3, 0.4) is 0 Å². The molecule has 0 bridgehead atoms. The number of aliphatic hydroxyl groups excluding tert-OH is 1. The molecule has 194 valence electrons. The summed E-state index contributed by atoms with van der Waals surface area (Å²) >= 11 is 0. The summed E-state index contributed by atoms with van der Waals surface area (Å²) in [4.78, 5) is 42.3. The standard InChI is InChI=1S/C26H28N4O7/c1-16-11-28-23(12-27-16)30(25(33)18-7-5-4-6-8-18)37-19-9-21(32)24(22(10-19)36-17(2)15-31)26(34)29-13-20(14-29)35-3/h4-12,17,20,31-32H,13-15H2,1-3H3/t17-/m0/s1. The van der Waals surface area contributed by atoms with E-state index in [0.29, 0.717) is 24.3 Å². The monoisotopic (exact) mass is 508 g/mol. The molecule has 2 aromatic carbocycles. The summed E-state index contributed by atoms with van der Waals surface area (Å²) in [5, 5.41) is 21.3. The van der Waals surface area contributed by atoms with Crippen molar-refractivity contribution >= 4 is 17.6 Å². The van der Waals surface area contributed by atoms with Crippen molar-refractivity contribution in [3.8, 4) is 17.2 Å². The number of nitrogens with zero attached hydrogens (tertiary/aromatic N) is 4. The third-order valence-corrected chi connectivity index (χ3v) is 5.70. The molecule has 2 heterocycles. The number of carbonyl (C=O) groups is 2. The zero-order valence-electron chi connectivity index (χ0n) is 20.7. The van der Waals surface area contributed by atoms with E-state index < -0.39 is 23.7 Å². The number of benzene rings is 2. The Kier molecular flexibility index (Phi) is 7.85. The van der Waals surface area contributed by atoms with Crippen LogP contribution in [0.2, 0.25) is 0 Å². The maximum absolute atomic E-state index is 13.3. The Morgan fingerprint density at radius 3 is 2.51 bits per heavy atom. The first-order chi connectivity index (χ1) is 17.8. The summed E-state index contributed by atoms with van der Waals surface area (Å²) < 4.78 is 11.0. The molecule has 2 N–H and O–H groups in total. The fraction of sp³-hybridized carbons (Fsp3) is 0.308. The van der Waals surface area contributed by atoms with Crippen LogP contribution in [-0.2, 0) is 4.74 Å². The molecule has 0 radical (unpaired) electrons. The second-order valence-electron chi connectivity index (χ2n) is 8.57. The van der Waals surface area contributed by atoms with E-state index in [-0.39, 0.29) is 35.6 Å². The second-order valence-corrected chi connectivity index (χ2v) is 8.57. The molecule has 1 aliphatic heterocycles. The molecule has 11 heteroatoms. The van der Waals surface area contributed by atoms with Crippen LogP contribution >= 0.6 is 0 Å². The number of ether oxygens (including phenoxy) is 2. The predicted octanol–water partition coefficient (Wildman–Crippen LogP) is 2.36. The average molecular weight is 509 g/mol. The quantitative estimate of drug-likeness (QED) is 0.418. The van der Waals surface area contributed by atoms with Crippen LogP contribution in [0.25, 0.3) is 0 Å². The van der Waals surface area contributed by atoms with E-state index in [1.807, 2.05) is 0 Å². The number of anilines is 1. The molecule has 11 nitrogen and oxygen atoms in total. The molecule has 1 aliphatic rings. The number of rotatable bonds is 9. The summed E-state index contributed by atoms with van der Waals surface area (Å²) in [5.74, 6) is -1.30. The molecular formula is C26H28N4O7. The van der Waals surface area contributed by atoms with Crippen LogP contribution in [0.4, 0.5) is 5.82 Å². The summed E-state index contributed by atoms with van der Waals surface area (Å²) in [6.45, 7) is 3.78. The van der Waals surface area contributed by atoms with E-state index >= 15 is 0 Å². The number of hydrogen-bond donors (Lipinski definition) is 2. The van der Waals surface area contributed by atoms with Gasteiger partial charge < -0.3 is 29.4 Å². The number of amides is 2. The Bertz CT molecular complexity index is 1250. The SMILES string of the molecule is COC1CN(C(=O)c2c(O)cc(ON(C(=O)c3ccccc3)c3cnc(C)cn3)cc2O[C@@H](C)CO)C1. The number of hydroxylamine groups is 1. The lowest BCUT2D eigenvalue weighted by molar-refractivity contribution is -0.0195. The fourth-order valence-electron chi connectivity index (χ4n) is 3.59. The third-order valence-electron chi connectivity index (χ3n) is 5.70. The summed E-state index contributed by atoms with van der Waals surface area (Å²) in [7, 11) is 1.56. The number of aliphatic hydroxyl groups is 1. The number of phenols is 1. The number of aryl methyl sites for hydroxylation is 1. The van der Waals surface area contributed by atoms with E-state index in [2.05, 4.69) is 9.97 Å². The highest BCUT2D eigenvalue weighted by molar-refractivity contribution is 6.04. The van der Waals surface area contributed by atoms with Gasteiger partial charge in [0.05, 0.1) is 30.8 Å². The zero-order chi connectivity index (χ0) is 26.5. The molecule has 1 fully saturated rings. The molecule has 1 atom stereocenters. The zero-order valence-corrected chi connectivity index (χ0v) is 20.7. The summed E-state index contributed by atoms with van der Waals surface area (Å²) in [5.41, 5.74) is 0.891. The van der Waals surface area contributed by atoms with Crippen molar-refractivity contribution in [2.75, 3.05) is 31.9 Å². The van der Waals surface area contributed by atoms with E-state index in [0.717, 1.165) is 5.06 Å². The van der Waals surface area contributed by atoms with Crippen molar-refractivity contribution < 1.29 is 34.1 Å². The van der Waals surface area contributed by atoms with Crippen molar-refractivity contribution in [1.29, 1.82) is 0 Å². The number of carbonyl (C=O) groups excluding carboxylic acids is 2. The summed E-state index contributed by atoms with van der Waals surface area (Å²) in [6.07, 6.45) is 2.10. The number of phenolic OH excluding ortho intramolecular Hbond substituents is 1. The number of likely N-dealkylation sites (tertiary alicyclic amines) is 1. The molecule has 0 unspecified atom stereocenters. The lowest BCUT2D eigenvalue weighted by Crippen LogP contribution is -2.54. The Labute approximate surface area is 213 Å². The molecule has 0 aliphatic carbocycles. The number of aromatic hydroxyl groups is 1. The van der Waals surface area contributed by atoms with Gasteiger partial charge in [0.25, 0.3) is 11.8 Å². The van der Waals surface area contributed by atoms with Crippen molar-refractivity contribution in [3.05, 3.63) is 71.7 Å². The van der Waals surface area contributed by atoms with Gasteiger partial charge in [-0.15, -0.1) is 5.06 Å². The van der Waals surface area contributed by atoms with E-state index in [1.54, 1.807) is 51.3 Å². The smallest absolute Gasteiger partial charge is 0.292 e. The third kappa shape index (κ3) is 5.79. The second kappa shape index (κ2) is 11.2. The maximum atomic E-state index is 13.3. The molecular weight excluding hydrogens is 480 g/mol. The maximum Gasteiger partial charge on any atom is 0.292 e. The van der Waals surface area contributed by atoms with Gasteiger partial charge in [-0.25, -0.2) is 4.98 Å². The van der Waals surface area contributed by atoms with Crippen LogP contribution in [0.5, 0.6) is 17.2 Å². The van der Waals surface area contributed by atoms with E-state index in [9.17, 15) is 19.8 Å². The normalized spacial score (nSPS) is 14.0. The first-order valence-electron chi connectivity index (χ1n) is 11.6. The number of hydrogen-bond acceptors (Lipinski definition) is 9. The molecule has 1 saturated heterocycles. The van der Waals surface area contributed by atoms with Gasteiger partial charge in [-0.1, -0.05) is 18.2 Å². The largest absolute Gasteiger partial charge is 0.507 e. The predicted molar refractivity (Wildman–Crippen MR) is 133 cm³/mol. The van der Waals surface area contributed by atoms with Crippen LogP contribution < -0.4 is 14.6 Å². The van der Waals surface area contributed by atoms with Crippen molar-refractivity contribution in [2.45, 2.75) is 26.1 Å². The highest BCUT2D eigenvalue weighted by Gasteiger charge is 2.35. The number of methoxy groups -OCH3 is 1. The Hall–Kier alpha value is -4.22. The van der Waals surface area contributed by atoms with Gasteiger partial charge in [-0.3, -0.25) is 14.6 Å². The topological polar surface area (TPSA) is 135 Å². The van der Waals surface area contributed by atoms with Crippen molar-refractivity contribution in [2.24, 2.45) is 0 Å². The van der Waals surface area contributed by atoms with Crippen LogP contribution in [0.15, 0.2) is 54.9 Å². The summed E-state index contributed by atoms with van der Waals surface area (Å²) in [6, 6.07) is 11.0. The van der Waals surface area contributed by atoms with Crippen molar-refractivity contribution in [3.63, 3.8) is 0 Å². The molecule has 4 rings (SSSR count). The molecule has 2 amide bonds. The highest BCUT2D eigenvalue weighted by atomic mass is 16.7. The molecule has 0 saturated carbocycles. The van der Waals surface area contributed by atoms with Crippen molar-refractivity contribution in [1.82, 2.24) is 14.9 Å². The lowest BCUT2D eigenvalue weighted by Gasteiger charge is -2.38. The van der Waals surface area contributed by atoms with Gasteiger partial charge in [0.15, 0.2) is 11.6 Å². The minimum absolute atomic E-state index is 0.000719. The van der Waals surface area contributed by atoms with Gasteiger partial charge in [-0.2, -0.15) is 0 Å². The van der Waals surface area contributed by atoms with Gasteiger partial charge in [-0.05, 0) is 26.0 Å². The Morgan fingerprint density at radius 1 is 1.16 bits per heavy atom. The number of aromatic nitrogens is 2. The Morgan fingerprint density at radius 2 is 1.89 bits per heavy atom. The van der Waals surface area contributed by atoms with Crippen LogP contribution in [-0.4, -0.2) is 75.9 Å². The first-order valence-corrected chi connectivity index (χ1v) is 11.6. The average Bonchev–Trinajstić information content (AvgIpc) is 2.87. The van der Waals surface area contributed by atoms with E-state index in [1.165, 1.54) is 29.4 Å². The first kappa shape index (κ1) is 25.9. The van der Waals surface area contributed by atoms with Gasteiger partial charge >= 0.3 is 0 Å².